The lowest BCUT2D eigenvalue weighted by atomic mass is 10.0. The normalized spacial score (nSPS) is 12.6. The summed E-state index contributed by atoms with van der Waals surface area (Å²) in [5, 5.41) is 20.3. The van der Waals surface area contributed by atoms with Gasteiger partial charge in [-0.2, -0.15) is 5.26 Å². The topological polar surface area (TPSA) is 130 Å². The van der Waals surface area contributed by atoms with E-state index in [2.05, 4.69) is 0 Å². The summed E-state index contributed by atoms with van der Waals surface area (Å²) in [5.74, 6) is -1.00. The summed E-state index contributed by atoms with van der Waals surface area (Å²) in [6, 6.07) is 19.8. The Morgan fingerprint density at radius 2 is 1.70 bits per heavy atom. The van der Waals surface area contributed by atoms with Crippen LogP contribution in [0.2, 0.25) is 0 Å². The van der Waals surface area contributed by atoms with Crippen LogP contribution in [0.5, 0.6) is 0 Å². The Morgan fingerprint density at radius 3 is 2.30 bits per heavy atom. The van der Waals surface area contributed by atoms with Gasteiger partial charge >= 0.3 is 0 Å². The van der Waals surface area contributed by atoms with Gasteiger partial charge in [0.1, 0.15) is 17.4 Å². The Hall–Kier alpha value is -4.02. The van der Waals surface area contributed by atoms with Crippen LogP contribution < -0.4 is 4.31 Å². The van der Waals surface area contributed by atoms with Gasteiger partial charge in [-0.15, -0.1) is 0 Å². The largest absolute Gasteiger partial charge is 0.388 e. The number of nitriles is 1. The molecule has 3 aromatic carbocycles. The summed E-state index contributed by atoms with van der Waals surface area (Å²) < 4.78 is 76.4. The Bertz CT molecular complexity index is 1760. The van der Waals surface area contributed by atoms with Crippen LogP contribution in [-0.2, 0) is 31.2 Å². The predicted octanol–water partition coefficient (Wildman–Crippen LogP) is 4.12. The summed E-state index contributed by atoms with van der Waals surface area (Å²) in [7, 11) is -7.77. The molecule has 0 amide bonds. The monoisotopic (exact) mass is 583 g/mol. The molecule has 1 aromatic heterocycles. The number of hydrogen-bond donors (Lipinski definition) is 1. The minimum atomic E-state index is -4.71. The second-order valence-electron chi connectivity index (χ2n) is 8.98. The van der Waals surface area contributed by atoms with Crippen LogP contribution in [0.4, 0.5) is 10.1 Å². The number of rotatable bonds is 10. The number of anilines is 1. The molecule has 0 bridgehead atoms. The van der Waals surface area contributed by atoms with Gasteiger partial charge in [0, 0.05) is 31.5 Å². The lowest BCUT2D eigenvalue weighted by molar-refractivity contribution is 0.175. The molecule has 4 aromatic rings. The zero-order valence-electron chi connectivity index (χ0n) is 21.6. The average molecular weight is 584 g/mol. The number of benzene rings is 3. The van der Waals surface area contributed by atoms with Crippen LogP contribution in [-0.4, -0.2) is 39.8 Å². The van der Waals surface area contributed by atoms with Gasteiger partial charge in [0.25, 0.3) is 20.0 Å². The quantitative estimate of drug-likeness (QED) is 0.278. The lowest BCUT2D eigenvalue weighted by Crippen LogP contribution is -2.34. The Balaban J connectivity index is 1.89. The van der Waals surface area contributed by atoms with Gasteiger partial charge in [0.05, 0.1) is 28.3 Å². The molecule has 1 atom stereocenters. The number of nitrogens with zero attached hydrogens (tertiary/aromatic N) is 3. The maximum Gasteiger partial charge on any atom is 0.268 e. The fraction of sp³-hybridized carbons (Fsp3) is 0.179. The molecule has 0 fully saturated rings. The van der Waals surface area contributed by atoms with Crippen molar-refractivity contribution >= 4 is 25.7 Å². The summed E-state index contributed by atoms with van der Waals surface area (Å²) in [6.07, 6.45) is 0.485. The standard InChI is InChI=1S/C28H26FN3O6S2/c1-20-8-11-23(12-9-20)39(34,35)31-17-24(27(33)15-21-6-4-3-5-7-21)28(18-31)40(36,37)32(19-38-2)26-13-10-22(16-30)14-25(26)29/h3-14,17-18,27,33H,15,19H2,1-2H3. The molecule has 4 rings (SSSR count). The number of sulfonamides is 1. The van der Waals surface area contributed by atoms with Gasteiger partial charge in [-0.25, -0.2) is 29.5 Å². The molecular weight excluding hydrogens is 557 g/mol. The molecule has 0 aliphatic heterocycles. The van der Waals surface area contributed by atoms with Crippen LogP contribution in [0.3, 0.4) is 0 Å². The minimum absolute atomic E-state index is 0.0204. The molecule has 12 heteroatoms. The molecule has 0 spiro atoms. The van der Waals surface area contributed by atoms with Crippen LogP contribution >= 0.6 is 0 Å². The third-order valence-electron chi connectivity index (χ3n) is 6.18. The Labute approximate surface area is 232 Å². The van der Waals surface area contributed by atoms with Crippen molar-refractivity contribution in [3.63, 3.8) is 0 Å². The second-order valence-corrected chi connectivity index (χ2v) is 12.7. The van der Waals surface area contributed by atoms with Gasteiger partial charge in [-0.1, -0.05) is 48.0 Å². The van der Waals surface area contributed by atoms with Gasteiger partial charge in [0.2, 0.25) is 0 Å². The van der Waals surface area contributed by atoms with Gasteiger partial charge in [0.15, 0.2) is 0 Å². The third kappa shape index (κ3) is 5.78. The third-order valence-corrected chi connectivity index (χ3v) is 9.60. The zero-order valence-corrected chi connectivity index (χ0v) is 23.2. The first-order valence-electron chi connectivity index (χ1n) is 12.0. The van der Waals surface area contributed by atoms with Crippen molar-refractivity contribution in [2.24, 2.45) is 0 Å². The van der Waals surface area contributed by atoms with Crippen molar-refractivity contribution in [2.75, 3.05) is 18.1 Å². The smallest absolute Gasteiger partial charge is 0.268 e. The number of ether oxygens (including phenoxy) is 1. The average Bonchev–Trinajstić information content (AvgIpc) is 3.41. The molecule has 0 aliphatic rings. The zero-order chi connectivity index (χ0) is 29.1. The number of methoxy groups -OCH3 is 1. The first kappa shape index (κ1) is 29.0. The fourth-order valence-electron chi connectivity index (χ4n) is 4.09. The van der Waals surface area contributed by atoms with E-state index in [1.807, 2.05) is 0 Å². The van der Waals surface area contributed by atoms with E-state index >= 15 is 0 Å². The first-order chi connectivity index (χ1) is 19.0. The molecule has 40 heavy (non-hydrogen) atoms. The fourth-order valence-corrected chi connectivity index (χ4v) is 7.00. The molecule has 1 unspecified atom stereocenters. The summed E-state index contributed by atoms with van der Waals surface area (Å²) in [6.45, 7) is 1.16. The van der Waals surface area contributed by atoms with Gasteiger partial charge < -0.3 is 9.84 Å². The number of hydrogen-bond acceptors (Lipinski definition) is 7. The number of aromatic nitrogens is 1. The molecule has 1 N–H and O–H groups in total. The number of aliphatic hydroxyl groups is 1. The van der Waals surface area contributed by atoms with E-state index in [1.165, 1.54) is 25.3 Å². The van der Waals surface area contributed by atoms with E-state index in [1.54, 1.807) is 55.5 Å². The molecule has 0 radical (unpaired) electrons. The molecule has 0 aliphatic carbocycles. The Morgan fingerprint density at radius 1 is 1.02 bits per heavy atom. The highest BCUT2D eigenvalue weighted by atomic mass is 32.2. The van der Waals surface area contributed by atoms with Crippen LogP contribution in [0.25, 0.3) is 0 Å². The Kier molecular flexibility index (Phi) is 8.41. The van der Waals surface area contributed by atoms with E-state index in [0.29, 0.717) is 9.87 Å². The van der Waals surface area contributed by atoms with Crippen LogP contribution in [0, 0.1) is 24.1 Å². The first-order valence-corrected chi connectivity index (χ1v) is 14.8. The summed E-state index contributed by atoms with van der Waals surface area (Å²) in [4.78, 5) is -0.638. The molecule has 0 saturated heterocycles. The van der Waals surface area contributed by atoms with E-state index in [0.717, 1.165) is 34.1 Å². The van der Waals surface area contributed by atoms with E-state index in [9.17, 15) is 26.3 Å². The van der Waals surface area contributed by atoms with Crippen molar-refractivity contribution in [2.45, 2.75) is 29.2 Å². The molecule has 1 heterocycles. The van der Waals surface area contributed by atoms with E-state index in [4.69, 9.17) is 10.00 Å². The van der Waals surface area contributed by atoms with Crippen LogP contribution in [0.1, 0.15) is 28.4 Å². The maximum atomic E-state index is 15.0. The van der Waals surface area contributed by atoms with Crippen molar-refractivity contribution in [1.82, 2.24) is 3.97 Å². The highest BCUT2D eigenvalue weighted by molar-refractivity contribution is 7.93. The number of halogens is 1. The summed E-state index contributed by atoms with van der Waals surface area (Å²) >= 11 is 0. The molecule has 9 nitrogen and oxygen atoms in total. The highest BCUT2D eigenvalue weighted by Crippen LogP contribution is 2.34. The number of aliphatic hydroxyl groups excluding tert-OH is 1. The predicted molar refractivity (Wildman–Crippen MR) is 146 cm³/mol. The lowest BCUT2D eigenvalue weighted by Gasteiger charge is -2.24. The highest BCUT2D eigenvalue weighted by Gasteiger charge is 2.34. The maximum absolute atomic E-state index is 15.0. The summed E-state index contributed by atoms with van der Waals surface area (Å²) in [5.41, 5.74) is 0.867. The van der Waals surface area contributed by atoms with Crippen molar-refractivity contribution < 1.29 is 31.1 Å². The van der Waals surface area contributed by atoms with Crippen molar-refractivity contribution in [3.8, 4) is 6.07 Å². The van der Waals surface area contributed by atoms with E-state index in [-0.39, 0.29) is 22.4 Å². The van der Waals surface area contributed by atoms with E-state index < -0.39 is 49.3 Å². The van der Waals surface area contributed by atoms with Crippen molar-refractivity contribution in [3.05, 3.63) is 113 Å². The molecule has 208 valence electrons. The second kappa shape index (κ2) is 11.6. The SMILES string of the molecule is COCN(c1ccc(C#N)cc1F)S(=O)(=O)c1cn(S(=O)(=O)c2ccc(C)cc2)cc1C(O)Cc1ccccc1. The molecule has 0 saturated carbocycles. The molecular formula is C28H26FN3O6S2. The minimum Gasteiger partial charge on any atom is -0.388 e. The van der Waals surface area contributed by atoms with Gasteiger partial charge in [-0.3, -0.25) is 0 Å². The number of aryl methyl sites for hydroxylation is 1. The van der Waals surface area contributed by atoms with Crippen LogP contribution in [0.15, 0.2) is 95.0 Å². The van der Waals surface area contributed by atoms with Crippen molar-refractivity contribution in [1.29, 1.82) is 5.26 Å². The van der Waals surface area contributed by atoms with Gasteiger partial charge in [-0.05, 0) is 42.8 Å².